The fraction of sp³-hybridized carbons (Fsp3) is 0.727. The van der Waals surface area contributed by atoms with Crippen molar-refractivity contribution in [2.75, 3.05) is 26.7 Å². The first-order valence-corrected chi connectivity index (χ1v) is 6.15. The quantitative estimate of drug-likeness (QED) is 0.765. The molecule has 0 aliphatic carbocycles. The van der Waals surface area contributed by atoms with E-state index < -0.39 is 0 Å². The van der Waals surface area contributed by atoms with E-state index in [1.807, 2.05) is 0 Å². The molecule has 0 aromatic carbocycles. The van der Waals surface area contributed by atoms with Gasteiger partial charge in [0.05, 0.1) is 6.04 Å². The van der Waals surface area contributed by atoms with Gasteiger partial charge in [-0.2, -0.15) is 4.98 Å². The van der Waals surface area contributed by atoms with Crippen LogP contribution in [0.25, 0.3) is 0 Å². The summed E-state index contributed by atoms with van der Waals surface area (Å²) >= 11 is 0. The van der Waals surface area contributed by atoms with Gasteiger partial charge in [0.15, 0.2) is 0 Å². The first-order chi connectivity index (χ1) is 8.72. The number of nitrogens with zero attached hydrogens (tertiary/aromatic N) is 3. The third kappa shape index (κ3) is 2.85. The van der Waals surface area contributed by atoms with Crippen LogP contribution in [0.5, 0.6) is 0 Å². The van der Waals surface area contributed by atoms with E-state index in [-0.39, 0.29) is 24.4 Å². The van der Waals surface area contributed by atoms with Gasteiger partial charge in [0.2, 0.25) is 5.89 Å². The Labute approximate surface area is 105 Å². The van der Waals surface area contributed by atoms with Crippen LogP contribution >= 0.6 is 0 Å². The summed E-state index contributed by atoms with van der Waals surface area (Å²) in [5.74, 6) is 0.280. The minimum absolute atomic E-state index is 0.0567. The van der Waals surface area contributed by atoms with E-state index >= 15 is 0 Å². The number of aliphatic hydroxyl groups excluding tert-OH is 1. The molecule has 7 nitrogen and oxygen atoms in total. The monoisotopic (exact) mass is 254 g/mol. The minimum atomic E-state index is -0.281. The largest absolute Gasteiger partial charge is 0.396 e. The first-order valence-electron chi connectivity index (χ1n) is 6.15. The molecule has 2 heterocycles. The maximum Gasteiger partial charge on any atom is 0.295 e. The molecule has 1 aliphatic heterocycles. The van der Waals surface area contributed by atoms with Gasteiger partial charge in [-0.05, 0) is 25.8 Å². The fourth-order valence-corrected chi connectivity index (χ4v) is 1.94. The summed E-state index contributed by atoms with van der Waals surface area (Å²) in [6, 6.07) is 0.0711. The minimum Gasteiger partial charge on any atom is -0.396 e. The lowest BCUT2D eigenvalue weighted by atomic mass is 10.2. The zero-order chi connectivity index (χ0) is 13.0. The summed E-state index contributed by atoms with van der Waals surface area (Å²) in [7, 11) is 1.65. The van der Waals surface area contributed by atoms with Crippen LogP contribution < -0.4 is 5.32 Å². The molecule has 0 radical (unpaired) electrons. The van der Waals surface area contributed by atoms with E-state index in [2.05, 4.69) is 15.5 Å². The Hall–Kier alpha value is -1.47. The van der Waals surface area contributed by atoms with E-state index in [0.29, 0.717) is 18.9 Å². The maximum absolute atomic E-state index is 11.9. The van der Waals surface area contributed by atoms with Crippen LogP contribution in [0.4, 0.5) is 0 Å². The molecule has 1 saturated heterocycles. The molecule has 1 aromatic rings. The molecule has 1 fully saturated rings. The Balaban J connectivity index is 1.98. The highest BCUT2D eigenvalue weighted by atomic mass is 16.5. The van der Waals surface area contributed by atoms with Gasteiger partial charge in [-0.1, -0.05) is 5.16 Å². The summed E-state index contributed by atoms with van der Waals surface area (Å²) in [5.41, 5.74) is 0. The van der Waals surface area contributed by atoms with Crippen molar-refractivity contribution in [3.63, 3.8) is 0 Å². The molecule has 0 bridgehead atoms. The SMILES string of the molecule is CN(CCCO)C(=O)c1noc(C2CCCN2)n1. The van der Waals surface area contributed by atoms with Crippen LogP contribution in [0.15, 0.2) is 4.52 Å². The number of rotatable bonds is 5. The highest BCUT2D eigenvalue weighted by Crippen LogP contribution is 2.21. The second-order valence-electron chi connectivity index (χ2n) is 4.41. The second-order valence-corrected chi connectivity index (χ2v) is 4.41. The van der Waals surface area contributed by atoms with Crippen molar-refractivity contribution < 1.29 is 14.4 Å². The number of carbonyl (C=O) groups is 1. The smallest absolute Gasteiger partial charge is 0.295 e. The molecule has 2 N–H and O–H groups in total. The van der Waals surface area contributed by atoms with Gasteiger partial charge in [-0.3, -0.25) is 4.79 Å². The summed E-state index contributed by atoms with van der Waals surface area (Å²) < 4.78 is 5.10. The Kier molecular flexibility index (Phi) is 4.27. The fourth-order valence-electron chi connectivity index (χ4n) is 1.94. The maximum atomic E-state index is 11.9. The number of aromatic nitrogens is 2. The highest BCUT2D eigenvalue weighted by Gasteiger charge is 2.25. The van der Waals surface area contributed by atoms with E-state index in [1.165, 1.54) is 4.90 Å². The molecule has 1 aliphatic rings. The van der Waals surface area contributed by atoms with Crippen LogP contribution in [0.1, 0.15) is 41.8 Å². The number of amides is 1. The lowest BCUT2D eigenvalue weighted by molar-refractivity contribution is 0.0771. The van der Waals surface area contributed by atoms with Crippen LogP contribution in [0, 0.1) is 0 Å². The van der Waals surface area contributed by atoms with Gasteiger partial charge >= 0.3 is 0 Å². The number of aliphatic hydroxyl groups is 1. The van der Waals surface area contributed by atoms with Crippen molar-refractivity contribution in [3.05, 3.63) is 11.7 Å². The van der Waals surface area contributed by atoms with Gasteiger partial charge < -0.3 is 19.8 Å². The van der Waals surface area contributed by atoms with E-state index in [4.69, 9.17) is 9.63 Å². The van der Waals surface area contributed by atoms with Crippen LogP contribution in [0.3, 0.4) is 0 Å². The van der Waals surface area contributed by atoms with Gasteiger partial charge in [0.25, 0.3) is 11.7 Å². The van der Waals surface area contributed by atoms with E-state index in [9.17, 15) is 4.79 Å². The molecule has 2 rings (SSSR count). The Bertz CT molecular complexity index is 401. The number of hydrogen-bond donors (Lipinski definition) is 2. The van der Waals surface area contributed by atoms with Crippen LogP contribution in [0.2, 0.25) is 0 Å². The van der Waals surface area contributed by atoms with Crippen LogP contribution in [-0.4, -0.2) is 52.8 Å². The Morgan fingerprint density at radius 2 is 2.50 bits per heavy atom. The van der Waals surface area contributed by atoms with E-state index in [1.54, 1.807) is 7.05 Å². The number of hydrogen-bond acceptors (Lipinski definition) is 6. The highest BCUT2D eigenvalue weighted by molar-refractivity contribution is 5.90. The molecule has 0 spiro atoms. The lowest BCUT2D eigenvalue weighted by Crippen LogP contribution is -2.29. The molecule has 1 unspecified atom stereocenters. The second kappa shape index (κ2) is 5.92. The number of nitrogens with one attached hydrogen (secondary N) is 1. The predicted molar refractivity (Wildman–Crippen MR) is 62.9 cm³/mol. The molecule has 1 atom stereocenters. The Morgan fingerprint density at radius 3 is 3.17 bits per heavy atom. The van der Waals surface area contributed by atoms with E-state index in [0.717, 1.165) is 19.4 Å². The summed E-state index contributed by atoms with van der Waals surface area (Å²) in [6.07, 6.45) is 2.57. The average molecular weight is 254 g/mol. The predicted octanol–water partition coefficient (Wildman–Crippen LogP) is -0.0515. The molecule has 100 valence electrons. The molecule has 1 amide bonds. The zero-order valence-corrected chi connectivity index (χ0v) is 10.4. The van der Waals surface area contributed by atoms with Crippen molar-refractivity contribution in [1.82, 2.24) is 20.4 Å². The van der Waals surface area contributed by atoms with Gasteiger partial charge in [0.1, 0.15) is 0 Å². The average Bonchev–Trinajstić information content (AvgIpc) is 3.04. The van der Waals surface area contributed by atoms with Crippen molar-refractivity contribution in [2.24, 2.45) is 0 Å². The van der Waals surface area contributed by atoms with Crippen molar-refractivity contribution in [1.29, 1.82) is 0 Å². The van der Waals surface area contributed by atoms with Gasteiger partial charge in [-0.15, -0.1) is 0 Å². The molecule has 7 heteroatoms. The summed E-state index contributed by atoms with van der Waals surface area (Å²) in [6.45, 7) is 1.47. The summed E-state index contributed by atoms with van der Waals surface area (Å²) in [4.78, 5) is 17.5. The lowest BCUT2D eigenvalue weighted by Gasteiger charge is -2.13. The first kappa shape index (κ1) is 13.0. The molecular formula is C11H18N4O3. The van der Waals surface area contributed by atoms with Crippen molar-refractivity contribution >= 4 is 5.91 Å². The van der Waals surface area contributed by atoms with Crippen molar-refractivity contribution in [2.45, 2.75) is 25.3 Å². The molecule has 18 heavy (non-hydrogen) atoms. The third-order valence-corrected chi connectivity index (χ3v) is 2.99. The molecular weight excluding hydrogens is 236 g/mol. The van der Waals surface area contributed by atoms with Gasteiger partial charge in [-0.25, -0.2) is 0 Å². The zero-order valence-electron chi connectivity index (χ0n) is 10.4. The normalized spacial score (nSPS) is 19.1. The topological polar surface area (TPSA) is 91.5 Å². The van der Waals surface area contributed by atoms with Crippen LogP contribution in [-0.2, 0) is 0 Å². The van der Waals surface area contributed by atoms with Crippen molar-refractivity contribution in [3.8, 4) is 0 Å². The Morgan fingerprint density at radius 1 is 1.67 bits per heavy atom. The van der Waals surface area contributed by atoms with Gasteiger partial charge in [0, 0.05) is 20.2 Å². The number of carbonyl (C=O) groups excluding carboxylic acids is 1. The molecule has 0 saturated carbocycles. The standard InChI is InChI=1S/C11H18N4O3/c1-15(6-3-7-16)11(17)9-13-10(18-14-9)8-4-2-5-12-8/h8,12,16H,2-7H2,1H3. The third-order valence-electron chi connectivity index (χ3n) is 2.99. The molecule has 1 aromatic heterocycles. The summed E-state index contributed by atoms with van der Waals surface area (Å²) in [5, 5.41) is 15.7.